The molecule has 1 fully saturated rings. The Morgan fingerprint density at radius 2 is 1.57 bits per heavy atom. The molecule has 0 unspecified atom stereocenters. The van der Waals surface area contributed by atoms with Crippen molar-refractivity contribution in [3.05, 3.63) is 68.8 Å². The first kappa shape index (κ1) is 22.1. The van der Waals surface area contributed by atoms with Gasteiger partial charge < -0.3 is 4.74 Å². The first-order valence-corrected chi connectivity index (χ1v) is 10.8. The van der Waals surface area contributed by atoms with Crippen LogP contribution in [-0.2, 0) is 0 Å². The molecule has 0 spiro atoms. The molecule has 8 heteroatoms. The number of benzene rings is 2. The SMILES string of the molecule is CC(C)(C)[C@H]1CC[C@@H](Sc2ccccc2)[C@H](Oc2cc([N+](=O)[O-])cc([N+](=O)[O-])c2)C1. The summed E-state index contributed by atoms with van der Waals surface area (Å²) < 4.78 is 6.22. The largest absolute Gasteiger partial charge is 0.489 e. The maximum Gasteiger partial charge on any atom is 0.280 e. The topological polar surface area (TPSA) is 95.5 Å². The zero-order chi connectivity index (χ0) is 21.9. The van der Waals surface area contributed by atoms with Gasteiger partial charge in [-0.3, -0.25) is 20.2 Å². The summed E-state index contributed by atoms with van der Waals surface area (Å²) in [5, 5.41) is 22.6. The van der Waals surface area contributed by atoms with Crippen molar-refractivity contribution >= 4 is 23.1 Å². The quantitative estimate of drug-likeness (QED) is 0.396. The maximum atomic E-state index is 11.2. The Labute approximate surface area is 180 Å². The van der Waals surface area contributed by atoms with E-state index in [1.165, 1.54) is 12.1 Å². The standard InChI is InChI=1S/C22H26N2O5S/c1-22(2,3)15-9-10-21(30-19-7-5-4-6-8-19)20(11-15)29-18-13-16(23(25)26)12-17(14-18)24(27)28/h4-8,12-15,20-21H,9-11H2,1-3H3/t15-,20+,21+/m0/s1. The molecule has 0 bridgehead atoms. The van der Waals surface area contributed by atoms with Gasteiger partial charge in [-0.2, -0.15) is 0 Å². The minimum atomic E-state index is -0.630. The number of rotatable bonds is 6. The van der Waals surface area contributed by atoms with E-state index in [2.05, 4.69) is 32.9 Å². The first-order chi connectivity index (χ1) is 14.1. The molecule has 1 aliphatic carbocycles. The molecule has 0 radical (unpaired) electrons. The van der Waals surface area contributed by atoms with Gasteiger partial charge in [0.25, 0.3) is 11.4 Å². The van der Waals surface area contributed by atoms with E-state index in [0.29, 0.717) is 5.92 Å². The van der Waals surface area contributed by atoms with E-state index < -0.39 is 9.85 Å². The maximum absolute atomic E-state index is 11.2. The molecule has 2 aromatic carbocycles. The van der Waals surface area contributed by atoms with Crippen molar-refractivity contribution in [2.24, 2.45) is 11.3 Å². The Kier molecular flexibility index (Phi) is 6.65. The molecule has 0 saturated heterocycles. The van der Waals surface area contributed by atoms with E-state index in [0.717, 1.165) is 30.2 Å². The minimum absolute atomic E-state index is 0.110. The fourth-order valence-electron chi connectivity index (χ4n) is 3.84. The lowest BCUT2D eigenvalue weighted by atomic mass is 9.71. The molecular weight excluding hydrogens is 404 g/mol. The van der Waals surface area contributed by atoms with Crippen molar-refractivity contribution in [1.29, 1.82) is 0 Å². The number of non-ortho nitro benzene ring substituents is 2. The van der Waals surface area contributed by atoms with Crippen LogP contribution in [-0.4, -0.2) is 21.2 Å². The van der Waals surface area contributed by atoms with Crippen LogP contribution in [0.2, 0.25) is 0 Å². The highest BCUT2D eigenvalue weighted by atomic mass is 32.2. The van der Waals surface area contributed by atoms with Gasteiger partial charge in [-0.25, -0.2) is 0 Å². The van der Waals surface area contributed by atoms with Crippen LogP contribution in [0.1, 0.15) is 40.0 Å². The fraction of sp³-hybridized carbons (Fsp3) is 0.455. The van der Waals surface area contributed by atoms with Crippen molar-refractivity contribution in [1.82, 2.24) is 0 Å². The van der Waals surface area contributed by atoms with Crippen LogP contribution >= 0.6 is 11.8 Å². The Bertz CT molecular complexity index is 881. The van der Waals surface area contributed by atoms with E-state index in [9.17, 15) is 20.2 Å². The summed E-state index contributed by atoms with van der Waals surface area (Å²) in [7, 11) is 0. The third-order valence-electron chi connectivity index (χ3n) is 5.57. The highest BCUT2D eigenvalue weighted by molar-refractivity contribution is 8.00. The number of hydrogen-bond donors (Lipinski definition) is 0. The molecule has 0 heterocycles. The predicted molar refractivity (Wildman–Crippen MR) is 117 cm³/mol. The molecule has 7 nitrogen and oxygen atoms in total. The molecule has 3 atom stereocenters. The zero-order valence-electron chi connectivity index (χ0n) is 17.3. The minimum Gasteiger partial charge on any atom is -0.489 e. The summed E-state index contributed by atoms with van der Waals surface area (Å²) in [6.07, 6.45) is 2.62. The van der Waals surface area contributed by atoms with Gasteiger partial charge in [0, 0.05) is 10.1 Å². The van der Waals surface area contributed by atoms with Crippen molar-refractivity contribution in [3.63, 3.8) is 0 Å². The van der Waals surface area contributed by atoms with Crippen LogP contribution in [0, 0.1) is 31.6 Å². The average molecular weight is 431 g/mol. The fourth-order valence-corrected chi connectivity index (χ4v) is 5.08. The first-order valence-electron chi connectivity index (χ1n) is 9.95. The van der Waals surface area contributed by atoms with Crippen LogP contribution in [0.4, 0.5) is 11.4 Å². The highest BCUT2D eigenvalue weighted by Crippen LogP contribution is 2.44. The second kappa shape index (κ2) is 9.04. The van der Waals surface area contributed by atoms with Crippen molar-refractivity contribution < 1.29 is 14.6 Å². The zero-order valence-corrected chi connectivity index (χ0v) is 18.1. The summed E-state index contributed by atoms with van der Waals surface area (Å²) in [5.74, 6) is 0.609. The molecule has 1 aliphatic rings. The number of nitro benzene ring substituents is 2. The Morgan fingerprint density at radius 3 is 2.10 bits per heavy atom. The molecule has 1 saturated carbocycles. The molecule has 2 aromatic rings. The number of hydrogen-bond acceptors (Lipinski definition) is 6. The van der Waals surface area contributed by atoms with Gasteiger partial charge in [0.15, 0.2) is 0 Å². The lowest BCUT2D eigenvalue weighted by Gasteiger charge is -2.41. The molecule has 0 N–H and O–H groups in total. The molecule has 0 aliphatic heterocycles. The van der Waals surface area contributed by atoms with Crippen LogP contribution in [0.15, 0.2) is 53.4 Å². The Balaban J connectivity index is 1.89. The van der Waals surface area contributed by atoms with Gasteiger partial charge in [-0.15, -0.1) is 11.8 Å². The smallest absolute Gasteiger partial charge is 0.280 e. The third-order valence-corrected chi connectivity index (χ3v) is 6.96. The van der Waals surface area contributed by atoms with Gasteiger partial charge in [0.05, 0.1) is 28.0 Å². The van der Waals surface area contributed by atoms with Crippen molar-refractivity contribution in [2.45, 2.75) is 56.3 Å². The lowest BCUT2D eigenvalue weighted by Crippen LogP contribution is -2.40. The lowest BCUT2D eigenvalue weighted by molar-refractivity contribution is -0.394. The number of nitrogens with zero attached hydrogens (tertiary/aromatic N) is 2. The van der Waals surface area contributed by atoms with Crippen LogP contribution in [0.5, 0.6) is 5.75 Å². The van der Waals surface area contributed by atoms with E-state index in [4.69, 9.17) is 4.74 Å². The van der Waals surface area contributed by atoms with Crippen LogP contribution in [0.25, 0.3) is 0 Å². The van der Waals surface area contributed by atoms with E-state index in [-0.39, 0.29) is 33.9 Å². The van der Waals surface area contributed by atoms with Crippen LogP contribution in [0.3, 0.4) is 0 Å². The molecular formula is C22H26N2O5S. The molecule has 0 amide bonds. The highest BCUT2D eigenvalue weighted by Gasteiger charge is 2.38. The number of nitro groups is 2. The summed E-state index contributed by atoms with van der Waals surface area (Å²) in [5.41, 5.74) is -0.567. The van der Waals surface area contributed by atoms with Gasteiger partial charge in [-0.05, 0) is 42.7 Å². The monoisotopic (exact) mass is 430 g/mol. The normalized spacial score (nSPS) is 21.8. The predicted octanol–water partition coefficient (Wildman–Crippen LogP) is 6.26. The number of ether oxygens (including phenoxy) is 1. The molecule has 160 valence electrons. The van der Waals surface area contributed by atoms with Crippen molar-refractivity contribution in [2.75, 3.05) is 0 Å². The number of thioether (sulfide) groups is 1. The van der Waals surface area contributed by atoms with E-state index >= 15 is 0 Å². The van der Waals surface area contributed by atoms with E-state index in [1.807, 2.05) is 18.2 Å². The van der Waals surface area contributed by atoms with Crippen molar-refractivity contribution in [3.8, 4) is 5.75 Å². The second-order valence-corrected chi connectivity index (χ2v) is 10.0. The summed E-state index contributed by atoms with van der Waals surface area (Å²) in [4.78, 5) is 22.3. The average Bonchev–Trinajstić information content (AvgIpc) is 2.69. The Morgan fingerprint density at radius 1 is 0.967 bits per heavy atom. The van der Waals surface area contributed by atoms with E-state index in [1.54, 1.807) is 11.8 Å². The summed E-state index contributed by atoms with van der Waals surface area (Å²) in [6, 6.07) is 13.6. The van der Waals surface area contributed by atoms with Gasteiger partial charge in [0.1, 0.15) is 11.9 Å². The van der Waals surface area contributed by atoms with Gasteiger partial charge in [0.2, 0.25) is 0 Å². The van der Waals surface area contributed by atoms with Gasteiger partial charge >= 0.3 is 0 Å². The molecule has 30 heavy (non-hydrogen) atoms. The Hall–Kier alpha value is -2.61. The summed E-state index contributed by atoms with van der Waals surface area (Å²) >= 11 is 1.73. The third kappa shape index (κ3) is 5.50. The summed E-state index contributed by atoms with van der Waals surface area (Å²) in [6.45, 7) is 6.62. The second-order valence-electron chi connectivity index (χ2n) is 8.70. The van der Waals surface area contributed by atoms with Crippen LogP contribution < -0.4 is 4.74 Å². The molecule has 3 rings (SSSR count). The van der Waals surface area contributed by atoms with Gasteiger partial charge in [-0.1, -0.05) is 39.0 Å². The molecule has 0 aromatic heterocycles.